The van der Waals surface area contributed by atoms with Crippen LogP contribution in [0.5, 0.6) is 5.75 Å². The number of aromatic nitrogens is 1. The number of hydrogen-bond acceptors (Lipinski definition) is 9. The first-order valence-corrected chi connectivity index (χ1v) is 13.6. The van der Waals surface area contributed by atoms with Crippen LogP contribution >= 0.6 is 0 Å². The summed E-state index contributed by atoms with van der Waals surface area (Å²) in [5, 5.41) is 11.0. The summed E-state index contributed by atoms with van der Waals surface area (Å²) in [5.41, 5.74) is 3.59. The summed E-state index contributed by atoms with van der Waals surface area (Å²) in [6.07, 6.45) is 5.03. The zero-order valence-corrected chi connectivity index (χ0v) is 28.1. The third-order valence-corrected chi connectivity index (χ3v) is 6.17. The molecule has 0 bridgehead atoms. The Kier molecular flexibility index (Phi) is 17.6. The number of pyridine rings is 1. The first-order valence-electron chi connectivity index (χ1n) is 13.6. The van der Waals surface area contributed by atoms with E-state index in [2.05, 4.69) is 24.2 Å². The number of primary amides is 1. The fraction of sp³-hybridized carbons (Fsp3) is 0.500. The Morgan fingerprint density at radius 2 is 1.86 bits per heavy atom. The van der Waals surface area contributed by atoms with Gasteiger partial charge in [0.05, 0.1) is 36.8 Å². The average molecular weight is 612 g/mol. The van der Waals surface area contributed by atoms with Crippen molar-refractivity contribution in [2.45, 2.75) is 65.5 Å². The Morgan fingerprint density at radius 3 is 2.30 bits per heavy atom. The second-order valence-electron chi connectivity index (χ2n) is 10.5. The van der Waals surface area contributed by atoms with E-state index in [9.17, 15) is 24.3 Å². The maximum absolute atomic E-state index is 11.6. The number of nitrogens with two attached hydrogens (primary N) is 1. The number of likely N-dealkylation sites (tertiary alicyclic amines) is 1. The van der Waals surface area contributed by atoms with E-state index in [-0.39, 0.29) is 70.7 Å². The van der Waals surface area contributed by atoms with Crippen molar-refractivity contribution in [2.75, 3.05) is 20.3 Å². The van der Waals surface area contributed by atoms with E-state index in [1.807, 2.05) is 38.7 Å². The first-order chi connectivity index (χ1) is 19.7. The molecule has 2 amide bonds. The van der Waals surface area contributed by atoms with Gasteiger partial charge in [-0.1, -0.05) is 6.08 Å². The third-order valence-electron chi connectivity index (χ3n) is 6.17. The molecule has 1 aromatic heterocycles. The predicted octanol–water partition coefficient (Wildman–Crippen LogP) is -0.217. The van der Waals surface area contributed by atoms with Crippen molar-refractivity contribution in [3.63, 3.8) is 0 Å². The molecule has 1 aromatic carbocycles. The number of hydrogen-bond donors (Lipinski definition) is 2. The van der Waals surface area contributed by atoms with Crippen LogP contribution < -0.4 is 50.6 Å². The smallest absolute Gasteiger partial charge is 0.543 e. The average Bonchev–Trinajstić information content (AvgIpc) is 3.59. The number of H-pyrrole nitrogens is 1. The Hall–Kier alpha value is -3.35. The molecule has 2 heterocycles. The van der Waals surface area contributed by atoms with Crippen LogP contribution in [0.25, 0.3) is 10.9 Å². The van der Waals surface area contributed by atoms with Crippen molar-refractivity contribution in [3.8, 4) is 5.75 Å². The van der Waals surface area contributed by atoms with Crippen LogP contribution in [0.4, 0.5) is 4.79 Å². The largest absolute Gasteiger partial charge is 1.00 e. The zero-order chi connectivity index (χ0) is 32.0. The standard InChI is InChI=1S/C11H9NO4.C10H19NO2.C8H12O2.CH3NO.Na/c1-16-6-2-3-7-8(4-6)12-9(11(14)15)5-10(7)13;1-8-6-5-7-11(8)9(12)13-10(2,3)4;1-3-6-5-7(6)8(9)10-4-2;2-1-3;/h2-5H,1H3,(H,12,13)(H,14,15);8H,5-7H2,1-4H3;3,6-7H,1,4-5H2,2H3;1H,(H2,2,3);/q;;;;+1/p-1. The van der Waals surface area contributed by atoms with Crippen molar-refractivity contribution >= 4 is 35.3 Å². The molecule has 1 aliphatic heterocycles. The van der Waals surface area contributed by atoms with Crippen molar-refractivity contribution in [1.29, 1.82) is 0 Å². The molecule has 3 atom stereocenters. The number of aromatic carboxylic acids is 1. The van der Waals surface area contributed by atoms with E-state index in [0.29, 0.717) is 35.2 Å². The minimum absolute atomic E-state index is 0. The molecule has 4 rings (SSSR count). The van der Waals surface area contributed by atoms with Gasteiger partial charge in [0, 0.05) is 30.1 Å². The molecule has 1 aliphatic carbocycles. The number of benzene rings is 1. The van der Waals surface area contributed by atoms with Crippen LogP contribution in [0.15, 0.2) is 41.7 Å². The zero-order valence-electron chi connectivity index (χ0n) is 26.1. The van der Waals surface area contributed by atoms with Gasteiger partial charge in [0.1, 0.15) is 11.4 Å². The maximum atomic E-state index is 11.6. The van der Waals surface area contributed by atoms with Crippen molar-refractivity contribution < 1.29 is 68.1 Å². The van der Waals surface area contributed by atoms with Crippen LogP contribution in [0, 0.1) is 11.8 Å². The van der Waals surface area contributed by atoms with Gasteiger partial charge in [0.15, 0.2) is 5.43 Å². The van der Waals surface area contributed by atoms with Crippen molar-refractivity contribution in [3.05, 3.63) is 52.8 Å². The molecule has 12 nitrogen and oxygen atoms in total. The molecule has 3 unspecified atom stereocenters. The quantitative estimate of drug-likeness (QED) is 0.200. The number of fused-ring (bicyclic) bond motifs is 1. The summed E-state index contributed by atoms with van der Waals surface area (Å²) in [7, 11) is 1.49. The number of ether oxygens (including phenoxy) is 3. The number of nitrogens with zero attached hydrogens (tertiary/aromatic N) is 1. The maximum Gasteiger partial charge on any atom is 1.00 e. The van der Waals surface area contributed by atoms with Crippen LogP contribution in [0.1, 0.15) is 64.4 Å². The van der Waals surface area contributed by atoms with Gasteiger partial charge in [-0.15, -0.1) is 6.58 Å². The number of rotatable bonds is 5. The predicted molar refractivity (Wildman–Crippen MR) is 156 cm³/mol. The number of carbonyl (C=O) groups excluding carboxylic acids is 4. The molecule has 2 fully saturated rings. The van der Waals surface area contributed by atoms with Gasteiger partial charge in [-0.2, -0.15) is 0 Å². The van der Waals surface area contributed by atoms with Gasteiger partial charge in [0.2, 0.25) is 6.41 Å². The molecular weight excluding hydrogens is 569 g/mol. The second-order valence-corrected chi connectivity index (χ2v) is 10.5. The molecule has 1 saturated carbocycles. The van der Waals surface area contributed by atoms with Crippen molar-refractivity contribution in [1.82, 2.24) is 9.88 Å². The van der Waals surface area contributed by atoms with E-state index < -0.39 is 5.97 Å². The van der Waals surface area contributed by atoms with E-state index in [1.165, 1.54) is 7.11 Å². The van der Waals surface area contributed by atoms with Gasteiger partial charge in [-0.25, -0.2) is 4.79 Å². The third kappa shape index (κ3) is 13.7. The number of allylic oxidation sites excluding steroid dienone is 1. The number of amides is 2. The number of methoxy groups -OCH3 is 1. The summed E-state index contributed by atoms with van der Waals surface area (Å²) in [4.78, 5) is 57.7. The van der Waals surface area contributed by atoms with Gasteiger partial charge in [-0.05, 0) is 71.9 Å². The van der Waals surface area contributed by atoms with Crippen LogP contribution in [-0.2, 0) is 19.1 Å². The minimum Gasteiger partial charge on any atom is -0.543 e. The van der Waals surface area contributed by atoms with Gasteiger partial charge >= 0.3 is 41.6 Å². The minimum atomic E-state index is -1.41. The number of aromatic amines is 1. The number of carbonyl (C=O) groups is 4. The monoisotopic (exact) mass is 611 g/mol. The Labute approximate surface area is 274 Å². The molecule has 232 valence electrons. The molecule has 3 N–H and O–H groups in total. The molecule has 13 heteroatoms. The Balaban J connectivity index is 0.000000595. The van der Waals surface area contributed by atoms with Crippen LogP contribution in [-0.4, -0.2) is 66.2 Å². The van der Waals surface area contributed by atoms with E-state index in [4.69, 9.17) is 19.0 Å². The molecule has 43 heavy (non-hydrogen) atoms. The van der Waals surface area contributed by atoms with Gasteiger partial charge < -0.3 is 39.7 Å². The topological polar surface area (TPSA) is 181 Å². The normalized spacial score (nSPS) is 18.0. The first kappa shape index (κ1) is 39.6. The SMILES string of the molecule is C=CC1CC1C(=O)OCC.CC1CCCN1C(=O)OC(C)(C)C.COc1ccc2c(=O)cc(C(=O)[O-])[nH]c2c1.NC=O.[Na+]. The molecule has 2 aliphatic rings. The number of carboxylic acids is 1. The Morgan fingerprint density at radius 1 is 1.23 bits per heavy atom. The summed E-state index contributed by atoms with van der Waals surface area (Å²) in [6.45, 7) is 14.5. The van der Waals surface area contributed by atoms with E-state index >= 15 is 0 Å². The molecule has 0 radical (unpaired) electrons. The summed E-state index contributed by atoms with van der Waals surface area (Å²) >= 11 is 0. The molecule has 2 aromatic rings. The molecule has 0 spiro atoms. The fourth-order valence-corrected chi connectivity index (χ4v) is 3.99. The number of nitrogens with one attached hydrogen (secondary N) is 1. The Bertz CT molecular complexity index is 1290. The van der Waals surface area contributed by atoms with Gasteiger partial charge in [0.25, 0.3) is 0 Å². The van der Waals surface area contributed by atoms with Crippen molar-refractivity contribution in [2.24, 2.45) is 17.6 Å². The summed E-state index contributed by atoms with van der Waals surface area (Å²) in [6, 6.07) is 6.12. The van der Waals surface area contributed by atoms with Crippen LogP contribution in [0.2, 0.25) is 0 Å². The number of esters is 1. The summed E-state index contributed by atoms with van der Waals surface area (Å²) in [5.74, 6) is -0.427. The molecular formula is C30H42N3NaO9. The van der Waals surface area contributed by atoms with Gasteiger partial charge in [-0.3, -0.25) is 14.4 Å². The van der Waals surface area contributed by atoms with E-state index in [1.54, 1.807) is 18.2 Å². The number of carboxylic acid groups (broad SMARTS) is 1. The fourth-order valence-electron chi connectivity index (χ4n) is 3.99. The molecule has 1 saturated heterocycles. The second kappa shape index (κ2) is 19.0. The van der Waals surface area contributed by atoms with E-state index in [0.717, 1.165) is 31.9 Å². The summed E-state index contributed by atoms with van der Waals surface area (Å²) < 4.78 is 15.1. The van der Waals surface area contributed by atoms with Crippen LogP contribution in [0.3, 0.4) is 0 Å².